The van der Waals surface area contributed by atoms with Crippen molar-refractivity contribution in [3.05, 3.63) is 106 Å². The molecular formula is C33H43NO2. The molecule has 1 atom stereocenters. The summed E-state index contributed by atoms with van der Waals surface area (Å²) in [6.07, 6.45) is 25.6. The predicted octanol–water partition coefficient (Wildman–Crippen LogP) is 7.71. The van der Waals surface area contributed by atoms with Gasteiger partial charge in [-0.15, -0.1) is 0 Å². The maximum Gasteiger partial charge on any atom is 0.252 e. The summed E-state index contributed by atoms with van der Waals surface area (Å²) in [5.74, 6) is -0.218. The number of aldehydes is 1. The molecule has 0 heterocycles. The Morgan fingerprint density at radius 1 is 1.06 bits per heavy atom. The quantitative estimate of drug-likeness (QED) is 0.127. The SMILES string of the molecule is C\C=C/C=C(C(=O)NC(C=O)Cc1ccc(CCCCC2=C/C(=C/CC)CC=C2)cc1)\C(C)=C\CC. The van der Waals surface area contributed by atoms with Gasteiger partial charge in [0.05, 0.1) is 6.04 Å². The van der Waals surface area contributed by atoms with Gasteiger partial charge in [0.15, 0.2) is 0 Å². The zero-order valence-corrected chi connectivity index (χ0v) is 22.6. The van der Waals surface area contributed by atoms with E-state index in [2.05, 4.69) is 60.8 Å². The molecule has 1 aliphatic carbocycles. The molecule has 1 unspecified atom stereocenters. The van der Waals surface area contributed by atoms with E-state index in [1.807, 2.05) is 39.0 Å². The lowest BCUT2D eigenvalue weighted by atomic mass is 9.96. The zero-order chi connectivity index (χ0) is 26.2. The second kappa shape index (κ2) is 16.5. The molecule has 0 radical (unpaired) electrons. The van der Waals surface area contributed by atoms with Gasteiger partial charge in [-0.05, 0) is 99.1 Å². The van der Waals surface area contributed by atoms with Gasteiger partial charge in [0.1, 0.15) is 6.29 Å². The molecule has 0 spiro atoms. The number of benzene rings is 1. The molecule has 36 heavy (non-hydrogen) atoms. The molecule has 1 aromatic rings. The molecule has 1 amide bonds. The lowest BCUT2D eigenvalue weighted by molar-refractivity contribution is -0.120. The molecular weight excluding hydrogens is 442 g/mol. The molecule has 0 aliphatic heterocycles. The molecule has 0 saturated heterocycles. The Morgan fingerprint density at radius 2 is 1.78 bits per heavy atom. The molecule has 3 nitrogen and oxygen atoms in total. The predicted molar refractivity (Wildman–Crippen MR) is 153 cm³/mol. The van der Waals surface area contributed by atoms with Gasteiger partial charge in [-0.25, -0.2) is 0 Å². The van der Waals surface area contributed by atoms with E-state index >= 15 is 0 Å². The van der Waals surface area contributed by atoms with Crippen LogP contribution in [0.2, 0.25) is 0 Å². The first-order chi connectivity index (χ1) is 17.5. The van der Waals surface area contributed by atoms with Crippen molar-refractivity contribution in [2.45, 2.75) is 85.1 Å². The van der Waals surface area contributed by atoms with E-state index in [4.69, 9.17) is 0 Å². The number of carbonyl (C=O) groups is 2. The zero-order valence-electron chi connectivity index (χ0n) is 22.6. The number of aryl methyl sites for hydroxylation is 1. The summed E-state index contributed by atoms with van der Waals surface area (Å²) >= 11 is 0. The van der Waals surface area contributed by atoms with Crippen LogP contribution in [0.3, 0.4) is 0 Å². The first-order valence-corrected chi connectivity index (χ1v) is 13.4. The summed E-state index contributed by atoms with van der Waals surface area (Å²) in [5, 5.41) is 2.90. The van der Waals surface area contributed by atoms with Crippen LogP contribution in [-0.4, -0.2) is 18.2 Å². The highest BCUT2D eigenvalue weighted by atomic mass is 16.2. The van der Waals surface area contributed by atoms with Gasteiger partial charge < -0.3 is 10.1 Å². The van der Waals surface area contributed by atoms with Crippen molar-refractivity contribution in [1.29, 1.82) is 0 Å². The van der Waals surface area contributed by atoms with Crippen LogP contribution >= 0.6 is 0 Å². The molecule has 2 rings (SSSR count). The summed E-state index contributed by atoms with van der Waals surface area (Å²) in [4.78, 5) is 24.6. The minimum Gasteiger partial charge on any atom is -0.342 e. The molecule has 0 fully saturated rings. The van der Waals surface area contributed by atoms with Gasteiger partial charge in [0, 0.05) is 5.57 Å². The topological polar surface area (TPSA) is 46.2 Å². The fourth-order valence-electron chi connectivity index (χ4n) is 4.38. The molecule has 0 saturated carbocycles. The van der Waals surface area contributed by atoms with E-state index in [1.54, 1.807) is 6.08 Å². The van der Waals surface area contributed by atoms with Crippen LogP contribution in [-0.2, 0) is 22.4 Å². The number of amides is 1. The van der Waals surface area contributed by atoms with Gasteiger partial charge in [-0.2, -0.15) is 0 Å². The second-order valence-electron chi connectivity index (χ2n) is 9.36. The molecule has 192 valence electrons. The van der Waals surface area contributed by atoms with Crippen molar-refractivity contribution >= 4 is 12.2 Å². The smallest absolute Gasteiger partial charge is 0.252 e. The molecule has 1 N–H and O–H groups in total. The monoisotopic (exact) mass is 485 g/mol. The van der Waals surface area contributed by atoms with Crippen LogP contribution in [0, 0.1) is 0 Å². The average Bonchev–Trinajstić information content (AvgIpc) is 2.88. The Balaban J connectivity index is 1.87. The van der Waals surface area contributed by atoms with E-state index in [1.165, 1.54) is 23.1 Å². The van der Waals surface area contributed by atoms with Crippen molar-refractivity contribution in [2.75, 3.05) is 0 Å². The number of carbonyl (C=O) groups excluding carboxylic acids is 2. The fraction of sp³-hybridized carbons (Fsp3) is 0.394. The largest absolute Gasteiger partial charge is 0.342 e. The van der Waals surface area contributed by atoms with Crippen molar-refractivity contribution < 1.29 is 9.59 Å². The van der Waals surface area contributed by atoms with Crippen molar-refractivity contribution in [1.82, 2.24) is 5.32 Å². The number of nitrogens with one attached hydrogen (secondary N) is 1. The van der Waals surface area contributed by atoms with E-state index < -0.39 is 6.04 Å². The first-order valence-electron chi connectivity index (χ1n) is 13.4. The third-order valence-electron chi connectivity index (χ3n) is 6.30. The Morgan fingerprint density at radius 3 is 2.44 bits per heavy atom. The van der Waals surface area contributed by atoms with Crippen LogP contribution in [0.1, 0.15) is 77.3 Å². The number of rotatable bonds is 14. The Hall–Kier alpha value is -3.20. The number of unbranched alkanes of at least 4 members (excludes halogenated alkanes) is 1. The highest BCUT2D eigenvalue weighted by molar-refractivity contribution is 5.99. The lowest BCUT2D eigenvalue weighted by Crippen LogP contribution is -2.38. The van der Waals surface area contributed by atoms with E-state index in [-0.39, 0.29) is 5.91 Å². The number of hydrogen-bond donors (Lipinski definition) is 1. The third kappa shape index (κ3) is 10.2. The lowest BCUT2D eigenvalue weighted by Gasteiger charge is -2.15. The second-order valence-corrected chi connectivity index (χ2v) is 9.36. The number of allylic oxidation sites excluding steroid dienone is 10. The molecule has 1 aromatic carbocycles. The van der Waals surface area contributed by atoms with Crippen LogP contribution < -0.4 is 5.32 Å². The maximum absolute atomic E-state index is 12.9. The minimum atomic E-state index is -0.560. The van der Waals surface area contributed by atoms with Crippen LogP contribution in [0.5, 0.6) is 0 Å². The van der Waals surface area contributed by atoms with Gasteiger partial charge >= 0.3 is 0 Å². The van der Waals surface area contributed by atoms with Crippen LogP contribution in [0.25, 0.3) is 0 Å². The van der Waals surface area contributed by atoms with Crippen molar-refractivity contribution in [3.63, 3.8) is 0 Å². The van der Waals surface area contributed by atoms with Gasteiger partial charge in [-0.1, -0.05) is 80.6 Å². The first kappa shape index (κ1) is 29.0. The number of hydrogen-bond acceptors (Lipinski definition) is 2. The molecule has 0 bridgehead atoms. The highest BCUT2D eigenvalue weighted by Gasteiger charge is 2.16. The summed E-state index contributed by atoms with van der Waals surface area (Å²) in [6, 6.07) is 7.88. The Bertz CT molecular complexity index is 1030. The fourth-order valence-corrected chi connectivity index (χ4v) is 4.38. The van der Waals surface area contributed by atoms with Crippen molar-refractivity contribution in [3.8, 4) is 0 Å². The van der Waals surface area contributed by atoms with Crippen LogP contribution in [0.15, 0.2) is 95.2 Å². The van der Waals surface area contributed by atoms with Gasteiger partial charge in [-0.3, -0.25) is 4.79 Å². The van der Waals surface area contributed by atoms with Gasteiger partial charge in [0.25, 0.3) is 5.91 Å². The van der Waals surface area contributed by atoms with Gasteiger partial charge in [0.2, 0.25) is 0 Å². The van der Waals surface area contributed by atoms with E-state index in [9.17, 15) is 9.59 Å². The highest BCUT2D eigenvalue weighted by Crippen LogP contribution is 2.21. The summed E-state index contributed by atoms with van der Waals surface area (Å²) in [6.45, 7) is 8.07. The summed E-state index contributed by atoms with van der Waals surface area (Å²) in [7, 11) is 0. The third-order valence-corrected chi connectivity index (χ3v) is 6.30. The maximum atomic E-state index is 12.9. The Kier molecular flexibility index (Phi) is 13.3. The molecule has 0 aromatic heterocycles. The normalized spacial score (nSPS) is 16.3. The standard InChI is InChI=1S/C33H43NO2/c1-5-8-18-32(26(4)12-6-2)33(36)34-31(25-35)24-30-21-19-27(20-22-30)14-9-10-15-29-17-11-16-28(23-29)13-7-3/h5,8,11-13,17-23,25,31H,6-7,9-10,14-16,24H2,1-4H3,(H,34,36)/b8-5-,26-12+,28-13+,32-18+. The molecule has 3 heteroatoms. The van der Waals surface area contributed by atoms with E-state index in [0.29, 0.717) is 12.0 Å². The Labute approximate surface area is 218 Å². The minimum absolute atomic E-state index is 0.218. The van der Waals surface area contributed by atoms with E-state index in [0.717, 1.165) is 55.9 Å². The van der Waals surface area contributed by atoms with Crippen LogP contribution in [0.4, 0.5) is 0 Å². The average molecular weight is 486 g/mol. The molecule has 1 aliphatic rings. The van der Waals surface area contributed by atoms with Crippen molar-refractivity contribution in [2.24, 2.45) is 0 Å². The summed E-state index contributed by atoms with van der Waals surface area (Å²) < 4.78 is 0. The summed E-state index contributed by atoms with van der Waals surface area (Å²) in [5.41, 5.74) is 6.73.